The molecule has 19 heavy (non-hydrogen) atoms. The minimum absolute atomic E-state index is 0.349. The molecule has 0 spiro atoms. The molecule has 1 unspecified atom stereocenters. The smallest absolute Gasteiger partial charge is 0.163 e. The number of aryl methyl sites for hydroxylation is 2. The molecule has 0 aliphatic rings. The molecule has 6 nitrogen and oxygen atoms in total. The fourth-order valence-electron chi connectivity index (χ4n) is 1.87. The van der Waals surface area contributed by atoms with Crippen molar-refractivity contribution in [3.63, 3.8) is 0 Å². The summed E-state index contributed by atoms with van der Waals surface area (Å²) < 4.78 is 6.97. The number of hydrogen-bond donors (Lipinski definition) is 1. The van der Waals surface area contributed by atoms with Crippen molar-refractivity contribution in [2.75, 3.05) is 7.11 Å². The first-order chi connectivity index (χ1) is 9.17. The van der Waals surface area contributed by atoms with E-state index in [1.54, 1.807) is 30.4 Å². The lowest BCUT2D eigenvalue weighted by Crippen LogP contribution is -2.13. The first-order valence-corrected chi connectivity index (χ1v) is 6.23. The van der Waals surface area contributed by atoms with Gasteiger partial charge in [0.2, 0.25) is 0 Å². The lowest BCUT2D eigenvalue weighted by Gasteiger charge is -2.13. The van der Waals surface area contributed by atoms with Crippen molar-refractivity contribution in [1.82, 2.24) is 19.7 Å². The van der Waals surface area contributed by atoms with E-state index in [-0.39, 0.29) is 0 Å². The van der Waals surface area contributed by atoms with Crippen LogP contribution in [-0.4, -0.2) is 32.0 Å². The second-order valence-electron chi connectivity index (χ2n) is 4.34. The molecule has 2 rings (SSSR count). The van der Waals surface area contributed by atoms with Crippen molar-refractivity contribution in [2.24, 2.45) is 0 Å². The molecule has 0 aliphatic carbocycles. The number of aliphatic hydroxyl groups is 1. The molecule has 0 aliphatic heterocycles. The summed E-state index contributed by atoms with van der Waals surface area (Å²) in [6, 6.07) is 0. The van der Waals surface area contributed by atoms with E-state index in [0.29, 0.717) is 23.8 Å². The second-order valence-corrected chi connectivity index (χ2v) is 4.34. The first kappa shape index (κ1) is 13.5. The van der Waals surface area contributed by atoms with Gasteiger partial charge in [0.05, 0.1) is 13.3 Å². The summed E-state index contributed by atoms with van der Waals surface area (Å²) >= 11 is 0. The average molecular weight is 262 g/mol. The van der Waals surface area contributed by atoms with Crippen molar-refractivity contribution < 1.29 is 9.84 Å². The summed E-state index contributed by atoms with van der Waals surface area (Å²) in [5.74, 6) is 0.895. The molecule has 0 radical (unpaired) electrons. The largest absolute Gasteiger partial charge is 0.493 e. The molecular weight excluding hydrogens is 244 g/mol. The van der Waals surface area contributed by atoms with E-state index in [1.807, 2.05) is 13.8 Å². The van der Waals surface area contributed by atoms with E-state index in [0.717, 1.165) is 12.0 Å². The van der Waals surface area contributed by atoms with Crippen LogP contribution in [0.1, 0.15) is 36.5 Å². The zero-order valence-electron chi connectivity index (χ0n) is 11.4. The van der Waals surface area contributed by atoms with E-state index in [2.05, 4.69) is 15.1 Å². The summed E-state index contributed by atoms with van der Waals surface area (Å²) in [6.45, 7) is 4.66. The van der Waals surface area contributed by atoms with Gasteiger partial charge in [0.25, 0.3) is 0 Å². The fraction of sp³-hybridized carbons (Fsp3) is 0.462. The third-order valence-corrected chi connectivity index (χ3v) is 2.80. The number of rotatable bonds is 5. The van der Waals surface area contributed by atoms with Crippen LogP contribution in [0, 0.1) is 6.92 Å². The monoisotopic (exact) mass is 262 g/mol. The molecule has 1 atom stereocenters. The Morgan fingerprint density at radius 1 is 1.32 bits per heavy atom. The highest BCUT2D eigenvalue weighted by Gasteiger charge is 2.23. The van der Waals surface area contributed by atoms with E-state index < -0.39 is 6.10 Å². The molecule has 0 aromatic carbocycles. The van der Waals surface area contributed by atoms with Crippen molar-refractivity contribution >= 4 is 0 Å². The Labute approximate surface area is 112 Å². The Morgan fingerprint density at radius 3 is 2.58 bits per heavy atom. The Morgan fingerprint density at radius 2 is 2.00 bits per heavy atom. The van der Waals surface area contributed by atoms with E-state index in [9.17, 15) is 5.11 Å². The Bertz CT molecular complexity index is 536. The van der Waals surface area contributed by atoms with Crippen molar-refractivity contribution in [2.45, 2.75) is 32.9 Å². The molecule has 0 saturated heterocycles. The zero-order valence-corrected chi connectivity index (χ0v) is 11.4. The lowest BCUT2D eigenvalue weighted by molar-refractivity contribution is 0.192. The minimum atomic E-state index is -0.940. The van der Waals surface area contributed by atoms with Gasteiger partial charge in [-0.15, -0.1) is 0 Å². The fourth-order valence-corrected chi connectivity index (χ4v) is 1.87. The number of nitrogens with zero attached hydrogens (tertiary/aromatic N) is 4. The first-order valence-electron chi connectivity index (χ1n) is 6.23. The number of hydrogen-bond acceptors (Lipinski definition) is 5. The van der Waals surface area contributed by atoms with Crippen molar-refractivity contribution in [3.05, 3.63) is 35.7 Å². The van der Waals surface area contributed by atoms with Gasteiger partial charge >= 0.3 is 0 Å². The number of aromatic nitrogens is 4. The third kappa shape index (κ3) is 2.73. The van der Waals surface area contributed by atoms with E-state index in [1.165, 1.54) is 0 Å². The standard InChI is InChI=1S/C13H18N4O2/c1-4-5-17-11(10(19-3)8-16-17)12(18)13-14-6-9(2)7-15-13/h6-8,12,18H,4-5H2,1-3H3. The van der Waals surface area contributed by atoms with Crippen molar-refractivity contribution in [1.29, 1.82) is 0 Å². The molecule has 102 valence electrons. The van der Waals surface area contributed by atoms with Crippen LogP contribution >= 0.6 is 0 Å². The van der Waals surface area contributed by atoms with Crippen LogP contribution in [0.25, 0.3) is 0 Å². The van der Waals surface area contributed by atoms with Gasteiger partial charge in [-0.2, -0.15) is 5.10 Å². The minimum Gasteiger partial charge on any atom is -0.493 e. The average Bonchev–Trinajstić information content (AvgIpc) is 2.82. The van der Waals surface area contributed by atoms with Gasteiger partial charge in [-0.1, -0.05) is 6.92 Å². The molecule has 6 heteroatoms. The highest BCUT2D eigenvalue weighted by molar-refractivity contribution is 5.30. The molecule has 2 aromatic heterocycles. The summed E-state index contributed by atoms with van der Waals surface area (Å²) in [4.78, 5) is 8.31. The van der Waals surface area contributed by atoms with Gasteiger partial charge < -0.3 is 9.84 Å². The van der Waals surface area contributed by atoms with Crippen LogP contribution < -0.4 is 4.74 Å². The van der Waals surface area contributed by atoms with Gasteiger partial charge in [0.15, 0.2) is 17.7 Å². The third-order valence-electron chi connectivity index (χ3n) is 2.80. The van der Waals surface area contributed by atoms with Gasteiger partial charge in [0, 0.05) is 18.9 Å². The highest BCUT2D eigenvalue weighted by atomic mass is 16.5. The maximum atomic E-state index is 10.4. The normalized spacial score (nSPS) is 12.4. The number of ether oxygens (including phenoxy) is 1. The lowest BCUT2D eigenvalue weighted by atomic mass is 10.2. The predicted molar refractivity (Wildman–Crippen MR) is 69.9 cm³/mol. The van der Waals surface area contributed by atoms with Crippen LogP contribution in [0.2, 0.25) is 0 Å². The number of methoxy groups -OCH3 is 1. The van der Waals surface area contributed by atoms with Gasteiger partial charge in [-0.25, -0.2) is 9.97 Å². The molecule has 0 bridgehead atoms. The van der Waals surface area contributed by atoms with E-state index >= 15 is 0 Å². The second kappa shape index (κ2) is 5.79. The Kier molecular flexibility index (Phi) is 4.11. The van der Waals surface area contributed by atoms with Gasteiger partial charge in [-0.3, -0.25) is 4.68 Å². The topological polar surface area (TPSA) is 73.1 Å². The van der Waals surface area contributed by atoms with Crippen LogP contribution in [0.3, 0.4) is 0 Å². The molecule has 2 heterocycles. The summed E-state index contributed by atoms with van der Waals surface area (Å²) in [6.07, 6.45) is 4.93. The zero-order chi connectivity index (χ0) is 13.8. The maximum absolute atomic E-state index is 10.4. The van der Waals surface area contributed by atoms with E-state index in [4.69, 9.17) is 4.74 Å². The van der Waals surface area contributed by atoms with Gasteiger partial charge in [-0.05, 0) is 18.9 Å². The Balaban J connectivity index is 2.38. The van der Waals surface area contributed by atoms with Crippen LogP contribution in [0.15, 0.2) is 18.6 Å². The van der Waals surface area contributed by atoms with Crippen LogP contribution in [0.5, 0.6) is 5.75 Å². The molecule has 0 fully saturated rings. The van der Waals surface area contributed by atoms with Gasteiger partial charge in [0.1, 0.15) is 5.69 Å². The van der Waals surface area contributed by atoms with Crippen LogP contribution in [-0.2, 0) is 6.54 Å². The SMILES string of the molecule is CCCn1ncc(OC)c1C(O)c1ncc(C)cn1. The highest BCUT2D eigenvalue weighted by Crippen LogP contribution is 2.28. The maximum Gasteiger partial charge on any atom is 0.163 e. The Hall–Kier alpha value is -1.95. The number of aliphatic hydroxyl groups excluding tert-OH is 1. The van der Waals surface area contributed by atoms with Crippen LogP contribution in [0.4, 0.5) is 0 Å². The molecular formula is C13H18N4O2. The molecule has 0 saturated carbocycles. The summed E-state index contributed by atoms with van der Waals surface area (Å²) in [7, 11) is 1.56. The molecule has 2 aromatic rings. The molecule has 0 amide bonds. The predicted octanol–water partition coefficient (Wildman–Crippen LogP) is 1.48. The summed E-state index contributed by atoms with van der Waals surface area (Å²) in [5, 5.41) is 14.6. The summed E-state index contributed by atoms with van der Waals surface area (Å²) in [5.41, 5.74) is 1.54. The molecule has 1 N–H and O–H groups in total. The van der Waals surface area contributed by atoms with Crippen molar-refractivity contribution in [3.8, 4) is 5.75 Å². The quantitative estimate of drug-likeness (QED) is 0.883.